The largest absolute Gasteiger partial charge is 0.462 e. The molecule has 0 aliphatic heterocycles. The number of nitrogens with zero attached hydrogens (tertiary/aromatic N) is 1. The van der Waals surface area contributed by atoms with Crippen LogP contribution < -0.4 is 0 Å². The van der Waals surface area contributed by atoms with Gasteiger partial charge in [-0.3, -0.25) is 4.79 Å². The summed E-state index contributed by atoms with van der Waals surface area (Å²) in [6, 6.07) is 23.7. The van der Waals surface area contributed by atoms with Crippen LogP contribution in [0, 0.1) is 24.2 Å². The normalized spacial score (nSPS) is 12.5. The Hall–Kier alpha value is -3.65. The zero-order valence-corrected chi connectivity index (χ0v) is 25.0. The van der Waals surface area contributed by atoms with Crippen molar-refractivity contribution in [2.75, 3.05) is 6.61 Å². The van der Waals surface area contributed by atoms with Gasteiger partial charge in [-0.05, 0) is 119 Å². The molecule has 0 spiro atoms. The maximum Gasteiger partial charge on any atom is 0.311 e. The minimum atomic E-state index is -0.620. The van der Waals surface area contributed by atoms with Crippen molar-refractivity contribution in [2.24, 2.45) is 5.41 Å². The number of benzene rings is 3. The van der Waals surface area contributed by atoms with Gasteiger partial charge in [0.15, 0.2) is 0 Å². The minimum Gasteiger partial charge on any atom is -0.462 e. The summed E-state index contributed by atoms with van der Waals surface area (Å²) in [5, 5.41) is 1.61. The lowest BCUT2D eigenvalue weighted by atomic mass is 9.88. The first kappa shape index (κ1) is 29.3. The molecular formula is C35H36ClNO3. The summed E-state index contributed by atoms with van der Waals surface area (Å²) < 4.78 is 12.4. The minimum absolute atomic E-state index is 0.0916. The van der Waals surface area contributed by atoms with Crippen LogP contribution in [0.15, 0.2) is 72.8 Å². The van der Waals surface area contributed by atoms with Crippen LogP contribution in [0.2, 0.25) is 5.02 Å². The lowest BCUT2D eigenvalue weighted by Crippen LogP contribution is -2.30. The predicted molar refractivity (Wildman–Crippen MR) is 163 cm³/mol. The smallest absolute Gasteiger partial charge is 0.311 e. The van der Waals surface area contributed by atoms with Crippen LogP contribution in [-0.4, -0.2) is 23.2 Å². The molecule has 0 unspecified atom stereocenters. The van der Waals surface area contributed by atoms with E-state index in [0.717, 1.165) is 38.7 Å². The number of rotatable bonds is 5. The number of halogens is 1. The second-order valence-corrected chi connectivity index (χ2v) is 12.4. The van der Waals surface area contributed by atoms with Gasteiger partial charge in [0.05, 0.1) is 16.5 Å². The SMILES string of the molecule is Cc1cc2nc(C#Cc3ccccc3)ccc2c(-c2ccc(Cl)cc2)c1[C@@H](COC(=O)C(C)(C)C)OC(C)(C)C. The highest BCUT2D eigenvalue weighted by Gasteiger charge is 2.30. The zero-order chi connectivity index (χ0) is 29.1. The first-order chi connectivity index (χ1) is 18.8. The molecule has 0 radical (unpaired) electrons. The van der Waals surface area contributed by atoms with Crippen molar-refractivity contribution >= 4 is 28.5 Å². The first-order valence-electron chi connectivity index (χ1n) is 13.4. The van der Waals surface area contributed by atoms with Gasteiger partial charge >= 0.3 is 5.97 Å². The lowest BCUT2D eigenvalue weighted by Gasteiger charge is -2.31. The highest BCUT2D eigenvalue weighted by atomic mass is 35.5. The van der Waals surface area contributed by atoms with Gasteiger partial charge in [-0.2, -0.15) is 0 Å². The molecule has 3 aromatic carbocycles. The van der Waals surface area contributed by atoms with Crippen molar-refractivity contribution in [3.8, 4) is 23.0 Å². The Kier molecular flexibility index (Phi) is 8.68. The first-order valence-corrected chi connectivity index (χ1v) is 13.8. The number of carbonyl (C=O) groups excluding carboxylic acids is 1. The molecule has 0 aliphatic rings. The molecule has 0 bridgehead atoms. The van der Waals surface area contributed by atoms with Crippen LogP contribution in [-0.2, 0) is 14.3 Å². The number of aromatic nitrogens is 1. The van der Waals surface area contributed by atoms with Crippen molar-refractivity contribution < 1.29 is 14.3 Å². The molecule has 0 amide bonds. The summed E-state index contributed by atoms with van der Waals surface area (Å²) in [6.45, 7) is 13.7. The van der Waals surface area contributed by atoms with Crippen LogP contribution in [0.3, 0.4) is 0 Å². The van der Waals surface area contributed by atoms with Gasteiger partial charge in [0, 0.05) is 16.0 Å². The van der Waals surface area contributed by atoms with E-state index in [1.807, 2.05) is 109 Å². The van der Waals surface area contributed by atoms with Crippen molar-refractivity contribution in [1.29, 1.82) is 0 Å². The van der Waals surface area contributed by atoms with Gasteiger partial charge in [0.2, 0.25) is 0 Å². The number of fused-ring (bicyclic) bond motifs is 1. The molecule has 0 saturated heterocycles. The number of aryl methyl sites for hydroxylation is 1. The van der Waals surface area contributed by atoms with Crippen LogP contribution in [0.4, 0.5) is 0 Å². The summed E-state index contributed by atoms with van der Waals surface area (Å²) in [5.41, 5.74) is 5.24. The zero-order valence-electron chi connectivity index (χ0n) is 24.3. The molecule has 0 aliphatic carbocycles. The number of ether oxygens (including phenoxy) is 2. The molecule has 4 aromatic rings. The van der Waals surface area contributed by atoms with Gasteiger partial charge < -0.3 is 9.47 Å². The van der Waals surface area contributed by atoms with Crippen molar-refractivity contribution in [1.82, 2.24) is 4.98 Å². The fourth-order valence-corrected chi connectivity index (χ4v) is 4.59. The third kappa shape index (κ3) is 7.30. The van der Waals surface area contributed by atoms with E-state index in [0.29, 0.717) is 10.7 Å². The Morgan fingerprint density at radius 3 is 2.23 bits per heavy atom. The predicted octanol–water partition coefficient (Wildman–Crippen LogP) is 8.71. The molecule has 5 heteroatoms. The number of pyridine rings is 1. The summed E-state index contributed by atoms with van der Waals surface area (Å²) in [5.74, 6) is 6.11. The van der Waals surface area contributed by atoms with Gasteiger partial charge in [0.1, 0.15) is 18.4 Å². The molecule has 0 N–H and O–H groups in total. The van der Waals surface area contributed by atoms with Crippen molar-refractivity contribution in [2.45, 2.75) is 60.2 Å². The average Bonchev–Trinajstić information content (AvgIpc) is 2.89. The summed E-state index contributed by atoms with van der Waals surface area (Å²) >= 11 is 6.26. The van der Waals surface area contributed by atoms with E-state index in [1.165, 1.54) is 0 Å². The Labute approximate surface area is 242 Å². The van der Waals surface area contributed by atoms with E-state index in [9.17, 15) is 4.79 Å². The quantitative estimate of drug-likeness (QED) is 0.183. The third-order valence-corrected chi connectivity index (χ3v) is 6.53. The Bertz CT molecular complexity index is 1570. The summed E-state index contributed by atoms with van der Waals surface area (Å²) in [7, 11) is 0. The fourth-order valence-electron chi connectivity index (χ4n) is 4.46. The van der Waals surface area contributed by atoms with Gasteiger partial charge in [0.25, 0.3) is 0 Å². The second-order valence-electron chi connectivity index (χ2n) is 11.9. The molecular weight excluding hydrogens is 518 g/mol. The Balaban J connectivity index is 1.89. The Morgan fingerprint density at radius 1 is 0.925 bits per heavy atom. The number of carbonyl (C=O) groups is 1. The molecule has 1 heterocycles. The molecule has 0 fully saturated rings. The molecule has 40 heavy (non-hydrogen) atoms. The molecule has 1 atom stereocenters. The van der Waals surface area contributed by atoms with Gasteiger partial charge in [-0.25, -0.2) is 4.98 Å². The monoisotopic (exact) mass is 553 g/mol. The van der Waals surface area contributed by atoms with Crippen LogP contribution >= 0.6 is 11.6 Å². The summed E-state index contributed by atoms with van der Waals surface area (Å²) in [4.78, 5) is 17.7. The van der Waals surface area contributed by atoms with E-state index in [4.69, 9.17) is 26.1 Å². The standard InChI is InChI=1S/C35H36ClNO3/c1-23-21-29-28(20-19-27(37-29)18-13-24-11-9-8-10-12-24)32(25-14-16-26(36)17-15-25)31(23)30(40-35(5,6)7)22-39-33(38)34(2,3)4/h8-12,14-17,19-21,30H,22H2,1-7H3/t30-/m1/s1. The van der Waals surface area contributed by atoms with E-state index in [2.05, 4.69) is 24.0 Å². The van der Waals surface area contributed by atoms with Crippen LogP contribution in [0.1, 0.15) is 70.0 Å². The molecule has 1 aromatic heterocycles. The number of esters is 1. The maximum atomic E-state index is 12.7. The number of hydrogen-bond acceptors (Lipinski definition) is 4. The van der Waals surface area contributed by atoms with E-state index in [-0.39, 0.29) is 12.6 Å². The molecule has 206 valence electrons. The Morgan fingerprint density at radius 2 is 1.60 bits per heavy atom. The van der Waals surface area contributed by atoms with Crippen LogP contribution in [0.25, 0.3) is 22.0 Å². The molecule has 0 saturated carbocycles. The van der Waals surface area contributed by atoms with Crippen molar-refractivity contribution in [3.05, 3.63) is 100 Å². The van der Waals surface area contributed by atoms with Gasteiger partial charge in [-0.1, -0.05) is 47.9 Å². The van der Waals surface area contributed by atoms with Crippen molar-refractivity contribution in [3.63, 3.8) is 0 Å². The summed E-state index contributed by atoms with van der Waals surface area (Å²) in [6.07, 6.45) is -0.501. The highest BCUT2D eigenvalue weighted by Crippen LogP contribution is 2.40. The average molecular weight is 554 g/mol. The van der Waals surface area contributed by atoms with Gasteiger partial charge in [-0.15, -0.1) is 0 Å². The molecule has 4 rings (SSSR count). The number of hydrogen-bond donors (Lipinski definition) is 0. The highest BCUT2D eigenvalue weighted by molar-refractivity contribution is 6.30. The molecule has 4 nitrogen and oxygen atoms in total. The topological polar surface area (TPSA) is 48.4 Å². The fraction of sp³-hybridized carbons (Fsp3) is 0.314. The van der Waals surface area contributed by atoms with E-state index >= 15 is 0 Å². The third-order valence-electron chi connectivity index (χ3n) is 6.28. The second kappa shape index (κ2) is 11.8. The van der Waals surface area contributed by atoms with Crippen LogP contribution in [0.5, 0.6) is 0 Å². The van der Waals surface area contributed by atoms with E-state index < -0.39 is 17.1 Å². The lowest BCUT2D eigenvalue weighted by molar-refractivity contribution is -0.162. The van der Waals surface area contributed by atoms with E-state index in [1.54, 1.807) is 0 Å². The maximum absolute atomic E-state index is 12.7.